The summed E-state index contributed by atoms with van der Waals surface area (Å²) in [6.07, 6.45) is 5.22. The van der Waals surface area contributed by atoms with Crippen LogP contribution in [0.4, 0.5) is 0 Å². The Morgan fingerprint density at radius 3 is 2.60 bits per heavy atom. The molecule has 1 amide bonds. The van der Waals surface area contributed by atoms with Crippen molar-refractivity contribution in [2.45, 2.75) is 33.1 Å². The monoisotopic (exact) mass is 305 g/mol. The number of amides is 1. The van der Waals surface area contributed by atoms with Crippen LogP contribution in [0.15, 0.2) is 29.2 Å². The predicted molar refractivity (Wildman–Crippen MR) is 90.6 cm³/mol. The van der Waals surface area contributed by atoms with Crippen LogP contribution in [0.2, 0.25) is 0 Å². The number of rotatable bonds is 5. The van der Waals surface area contributed by atoms with Crippen molar-refractivity contribution >= 4 is 40.3 Å². The van der Waals surface area contributed by atoms with E-state index < -0.39 is 0 Å². The summed E-state index contributed by atoms with van der Waals surface area (Å²) in [5.74, 6) is 0.0525. The van der Waals surface area contributed by atoms with Gasteiger partial charge in [0.2, 0.25) is 0 Å². The van der Waals surface area contributed by atoms with Gasteiger partial charge in [-0.25, -0.2) is 0 Å². The molecule has 20 heavy (non-hydrogen) atoms. The highest BCUT2D eigenvalue weighted by molar-refractivity contribution is 8.26. The maximum Gasteiger partial charge on any atom is 0.266 e. The van der Waals surface area contributed by atoms with Crippen LogP contribution in [-0.4, -0.2) is 21.7 Å². The third kappa shape index (κ3) is 3.70. The lowest BCUT2D eigenvalue weighted by Gasteiger charge is -2.13. The van der Waals surface area contributed by atoms with E-state index in [0.29, 0.717) is 4.32 Å². The number of hydrogen-bond acceptors (Lipinski definition) is 3. The van der Waals surface area contributed by atoms with Gasteiger partial charge >= 0.3 is 0 Å². The molecule has 0 aromatic heterocycles. The molecule has 1 fully saturated rings. The van der Waals surface area contributed by atoms with Crippen molar-refractivity contribution in [2.24, 2.45) is 0 Å². The number of hydrogen-bond donors (Lipinski definition) is 0. The Kier molecular flexibility index (Phi) is 5.38. The van der Waals surface area contributed by atoms with E-state index in [1.807, 2.05) is 30.3 Å². The second-order valence-electron chi connectivity index (χ2n) is 4.95. The topological polar surface area (TPSA) is 20.3 Å². The molecule has 0 bridgehead atoms. The van der Waals surface area contributed by atoms with E-state index in [4.69, 9.17) is 12.2 Å². The summed E-state index contributed by atoms with van der Waals surface area (Å²) in [6.45, 7) is 4.95. The van der Waals surface area contributed by atoms with Gasteiger partial charge in [0.1, 0.15) is 4.32 Å². The van der Waals surface area contributed by atoms with Gasteiger partial charge in [0.05, 0.1) is 4.91 Å². The Bertz CT molecular complexity index is 534. The van der Waals surface area contributed by atoms with Gasteiger partial charge in [-0.3, -0.25) is 9.69 Å². The Morgan fingerprint density at radius 2 is 1.95 bits per heavy atom. The quantitative estimate of drug-likeness (QED) is 0.457. The molecule has 1 aromatic carbocycles. The summed E-state index contributed by atoms with van der Waals surface area (Å²) < 4.78 is 0.685. The van der Waals surface area contributed by atoms with E-state index in [1.54, 1.807) is 4.90 Å². The fourth-order valence-electron chi connectivity index (χ4n) is 2.03. The van der Waals surface area contributed by atoms with Gasteiger partial charge in [0.25, 0.3) is 5.91 Å². The summed E-state index contributed by atoms with van der Waals surface area (Å²) in [5.41, 5.74) is 2.26. The standard InChI is InChI=1S/C16H19NOS2/c1-3-4-5-10-17-15(18)14(20-16(17)19)11-13-8-6-12(2)7-9-13/h6-9,11H,3-5,10H2,1-2H3/b14-11-. The first-order chi connectivity index (χ1) is 9.61. The number of benzene rings is 1. The van der Waals surface area contributed by atoms with Crippen molar-refractivity contribution in [3.05, 3.63) is 40.3 Å². The van der Waals surface area contributed by atoms with Crippen LogP contribution in [0.25, 0.3) is 6.08 Å². The molecular weight excluding hydrogens is 286 g/mol. The van der Waals surface area contributed by atoms with Crippen molar-refractivity contribution in [3.8, 4) is 0 Å². The first-order valence-corrected chi connectivity index (χ1v) is 8.16. The molecule has 1 aliphatic rings. The molecule has 0 saturated carbocycles. The van der Waals surface area contributed by atoms with Gasteiger partial charge in [-0.2, -0.15) is 0 Å². The minimum atomic E-state index is 0.0525. The predicted octanol–water partition coefficient (Wildman–Crippen LogP) is 4.39. The number of thiocarbonyl (C=S) groups is 1. The van der Waals surface area contributed by atoms with Crippen LogP contribution in [-0.2, 0) is 4.79 Å². The molecular formula is C16H19NOS2. The highest BCUT2D eigenvalue weighted by Gasteiger charge is 2.31. The second kappa shape index (κ2) is 7.04. The molecule has 106 valence electrons. The lowest BCUT2D eigenvalue weighted by atomic mass is 10.1. The number of nitrogens with zero attached hydrogens (tertiary/aromatic N) is 1. The Balaban J connectivity index is 2.09. The SMILES string of the molecule is CCCCCN1C(=O)/C(=C/c2ccc(C)cc2)SC1=S. The molecule has 2 nitrogen and oxygen atoms in total. The number of thioether (sulfide) groups is 1. The Labute approximate surface area is 130 Å². The average Bonchev–Trinajstić information content (AvgIpc) is 2.69. The fourth-order valence-corrected chi connectivity index (χ4v) is 3.34. The Hall–Kier alpha value is -1.13. The third-order valence-electron chi connectivity index (χ3n) is 3.23. The summed E-state index contributed by atoms with van der Waals surface area (Å²) >= 11 is 6.72. The summed E-state index contributed by atoms with van der Waals surface area (Å²) in [4.78, 5) is 14.8. The maximum absolute atomic E-state index is 12.3. The molecule has 1 aromatic rings. The third-order valence-corrected chi connectivity index (χ3v) is 4.61. The lowest BCUT2D eigenvalue weighted by Crippen LogP contribution is -2.28. The van der Waals surface area contributed by atoms with Gasteiger partial charge < -0.3 is 0 Å². The smallest absolute Gasteiger partial charge is 0.266 e. The normalized spacial score (nSPS) is 17.3. The summed E-state index contributed by atoms with van der Waals surface area (Å²) in [5, 5.41) is 0. The van der Waals surface area contributed by atoms with Crippen LogP contribution >= 0.6 is 24.0 Å². The van der Waals surface area contributed by atoms with Gasteiger partial charge in [0, 0.05) is 6.54 Å². The maximum atomic E-state index is 12.3. The molecule has 0 aliphatic carbocycles. The molecule has 2 rings (SSSR count). The molecule has 1 saturated heterocycles. The molecule has 0 spiro atoms. The second-order valence-corrected chi connectivity index (χ2v) is 6.63. The first-order valence-electron chi connectivity index (χ1n) is 6.94. The van der Waals surface area contributed by atoms with E-state index in [2.05, 4.69) is 13.8 Å². The summed E-state index contributed by atoms with van der Waals surface area (Å²) in [7, 11) is 0. The average molecular weight is 305 g/mol. The zero-order valence-electron chi connectivity index (χ0n) is 11.9. The molecule has 0 unspecified atom stereocenters. The van der Waals surface area contributed by atoms with E-state index >= 15 is 0 Å². The van der Waals surface area contributed by atoms with E-state index in [-0.39, 0.29) is 5.91 Å². The number of aryl methyl sites for hydroxylation is 1. The fraction of sp³-hybridized carbons (Fsp3) is 0.375. The van der Waals surface area contributed by atoms with Gasteiger partial charge in [-0.05, 0) is 25.0 Å². The van der Waals surface area contributed by atoms with Gasteiger partial charge in [-0.15, -0.1) is 0 Å². The number of carbonyl (C=O) groups is 1. The first kappa shape index (κ1) is 15.3. The Morgan fingerprint density at radius 1 is 1.25 bits per heavy atom. The van der Waals surface area contributed by atoms with Crippen LogP contribution in [0, 0.1) is 6.92 Å². The van der Waals surface area contributed by atoms with Crippen molar-refractivity contribution < 1.29 is 4.79 Å². The van der Waals surface area contributed by atoms with Crippen molar-refractivity contribution in [3.63, 3.8) is 0 Å². The molecule has 0 N–H and O–H groups in total. The molecule has 1 aliphatic heterocycles. The largest absolute Gasteiger partial charge is 0.293 e. The van der Waals surface area contributed by atoms with Crippen LogP contribution in [0.1, 0.15) is 37.3 Å². The zero-order valence-corrected chi connectivity index (χ0v) is 13.5. The van der Waals surface area contributed by atoms with Gasteiger partial charge in [-0.1, -0.05) is 73.6 Å². The number of unbranched alkanes of at least 4 members (excludes halogenated alkanes) is 2. The molecule has 1 heterocycles. The minimum absolute atomic E-state index is 0.0525. The van der Waals surface area contributed by atoms with Crippen molar-refractivity contribution in [1.82, 2.24) is 4.90 Å². The zero-order chi connectivity index (χ0) is 14.5. The number of carbonyl (C=O) groups excluding carboxylic acids is 1. The lowest BCUT2D eigenvalue weighted by molar-refractivity contribution is -0.122. The highest BCUT2D eigenvalue weighted by Crippen LogP contribution is 2.32. The van der Waals surface area contributed by atoms with E-state index in [9.17, 15) is 4.79 Å². The molecule has 0 radical (unpaired) electrons. The van der Waals surface area contributed by atoms with Crippen molar-refractivity contribution in [2.75, 3.05) is 6.54 Å². The van der Waals surface area contributed by atoms with Crippen LogP contribution < -0.4 is 0 Å². The van der Waals surface area contributed by atoms with Crippen LogP contribution in [0.3, 0.4) is 0 Å². The van der Waals surface area contributed by atoms with E-state index in [0.717, 1.165) is 36.3 Å². The highest BCUT2D eigenvalue weighted by atomic mass is 32.2. The van der Waals surface area contributed by atoms with Crippen molar-refractivity contribution in [1.29, 1.82) is 0 Å². The van der Waals surface area contributed by atoms with E-state index in [1.165, 1.54) is 17.3 Å². The minimum Gasteiger partial charge on any atom is -0.293 e. The van der Waals surface area contributed by atoms with Gasteiger partial charge in [0.15, 0.2) is 0 Å². The summed E-state index contributed by atoms with van der Waals surface area (Å²) in [6, 6.07) is 8.15. The molecule has 0 atom stereocenters. The van der Waals surface area contributed by atoms with Crippen LogP contribution in [0.5, 0.6) is 0 Å². The molecule has 4 heteroatoms.